The number of unbranched alkanes of at least 4 members (excludes halogenated alkanes) is 4. The normalized spacial score (nSPS) is 16.8. The van der Waals surface area contributed by atoms with E-state index in [4.69, 9.17) is 0 Å². The summed E-state index contributed by atoms with van der Waals surface area (Å²) in [6.45, 7) is 21.0. The number of anilines is 1. The maximum absolute atomic E-state index is 12.6. The Morgan fingerprint density at radius 3 is 1.76 bits per heavy atom. The molecule has 0 amide bonds. The maximum atomic E-state index is 12.6. The lowest BCUT2D eigenvalue weighted by molar-refractivity contribution is -0.929. The highest BCUT2D eigenvalue weighted by atomic mass is 16.6. The van der Waals surface area contributed by atoms with Gasteiger partial charge in [-0.2, -0.15) is 10.2 Å². The predicted octanol–water partition coefficient (Wildman–Crippen LogP) is 10.1. The number of non-ortho nitro benzene ring substituents is 1. The molecule has 0 fully saturated rings. The van der Waals surface area contributed by atoms with E-state index < -0.39 is 16.1 Å². The maximum Gasteiger partial charge on any atom is 0.269 e. The van der Waals surface area contributed by atoms with Crippen molar-refractivity contribution in [3.05, 3.63) is 88.0 Å². The molecule has 3 aromatic carbocycles. The average molecular weight is 674 g/mol. The van der Waals surface area contributed by atoms with E-state index in [1.807, 2.05) is 43.0 Å². The summed E-state index contributed by atoms with van der Waals surface area (Å²) in [5.41, 5.74) is 1.58. The Hall–Kier alpha value is -3.82. The molecule has 1 atom stereocenters. The van der Waals surface area contributed by atoms with Gasteiger partial charge in [-0.05, 0) is 74.1 Å². The minimum Gasteiger partial charge on any atom is -0.872 e. The lowest BCUT2D eigenvalue weighted by atomic mass is 9.78. The molecule has 0 bridgehead atoms. The van der Waals surface area contributed by atoms with Crippen LogP contribution in [-0.4, -0.2) is 46.4 Å². The summed E-state index contributed by atoms with van der Waals surface area (Å²) in [5, 5.41) is 43.0. The minimum atomic E-state index is -1.20. The third kappa shape index (κ3) is 10.1. The summed E-state index contributed by atoms with van der Waals surface area (Å²) in [4.78, 5) is 12.1. The largest absolute Gasteiger partial charge is 0.872 e. The first kappa shape index (κ1) is 39.6. The summed E-state index contributed by atoms with van der Waals surface area (Å²) >= 11 is 0. The highest BCUT2D eigenvalue weighted by molar-refractivity contribution is 5.66. The molecule has 0 aliphatic carbocycles. The smallest absolute Gasteiger partial charge is 0.269 e. The van der Waals surface area contributed by atoms with Gasteiger partial charge in [0, 0.05) is 29.8 Å². The van der Waals surface area contributed by atoms with Crippen molar-refractivity contribution in [2.75, 3.05) is 31.1 Å². The first-order chi connectivity index (χ1) is 23.4. The first-order valence-electron chi connectivity index (χ1n) is 18.3. The van der Waals surface area contributed by atoms with E-state index in [9.17, 15) is 20.3 Å². The highest BCUT2D eigenvalue weighted by Crippen LogP contribution is 2.51. The quantitative estimate of drug-likeness (QED) is 0.0663. The van der Waals surface area contributed by atoms with Crippen LogP contribution in [0.15, 0.2) is 77.0 Å². The summed E-state index contributed by atoms with van der Waals surface area (Å²) < 4.78 is 1.42. The van der Waals surface area contributed by atoms with Crippen LogP contribution in [0.5, 0.6) is 5.75 Å². The molecule has 268 valence electrons. The predicted molar refractivity (Wildman–Crippen MR) is 199 cm³/mol. The number of quaternary nitrogens is 1. The fraction of sp³-hybridized carbons (Fsp3) is 0.550. The Labute approximate surface area is 294 Å². The number of nitrogens with zero attached hydrogens (tertiary/aromatic N) is 5. The SMILES string of the molecule is CC1(C)c2ccccc2N(Cc2cc(N=Nc3ccc([N+](=O)[O-])cc3)ccc2[O-])C1(C)O.CCCC[N+](CCCC)(CCCC)CCCC. The van der Waals surface area contributed by atoms with Gasteiger partial charge in [-0.15, -0.1) is 5.75 Å². The number of fused-ring (bicyclic) bond motifs is 1. The average Bonchev–Trinajstić information content (AvgIpc) is 3.24. The Morgan fingerprint density at radius 1 is 0.755 bits per heavy atom. The fourth-order valence-corrected chi connectivity index (χ4v) is 6.63. The number of rotatable bonds is 17. The van der Waals surface area contributed by atoms with Gasteiger partial charge in [0.25, 0.3) is 5.69 Å². The number of azo groups is 1. The Balaban J connectivity index is 0.000000326. The number of aliphatic hydroxyl groups is 1. The van der Waals surface area contributed by atoms with Gasteiger partial charge < -0.3 is 19.6 Å². The van der Waals surface area contributed by atoms with E-state index in [0.29, 0.717) is 16.9 Å². The van der Waals surface area contributed by atoms with Crippen molar-refractivity contribution in [1.82, 2.24) is 0 Å². The number of benzene rings is 3. The standard InChI is InChI=1S/C24H24N4O4.C16H36N/c1-23(2)20-6-4-5-7-21(20)27(24(23,3)30)15-16-14-18(10-13-22(16)29)26-25-17-8-11-19(12-9-17)28(31)32;1-5-9-13-17(14-10-6-2,15-11-7-3)16-12-8-4/h4-14,29-30H,15H2,1-3H3;5-16H2,1-4H3/q;+1/p-1. The molecule has 49 heavy (non-hydrogen) atoms. The molecular formula is C40H59N5O4. The van der Waals surface area contributed by atoms with Crippen LogP contribution in [0.25, 0.3) is 0 Å². The van der Waals surface area contributed by atoms with Gasteiger partial charge in [-0.1, -0.05) is 91.5 Å². The second kappa shape index (κ2) is 18.3. The Bertz CT molecular complexity index is 1470. The molecule has 9 heteroatoms. The summed E-state index contributed by atoms with van der Waals surface area (Å²) in [6, 6.07) is 18.2. The summed E-state index contributed by atoms with van der Waals surface area (Å²) in [5.74, 6) is -0.155. The number of nitro benzene ring substituents is 1. The van der Waals surface area contributed by atoms with Crippen LogP contribution in [0.4, 0.5) is 22.7 Å². The third-order valence-electron chi connectivity index (χ3n) is 10.2. The van der Waals surface area contributed by atoms with Crippen molar-refractivity contribution < 1.29 is 19.6 Å². The number of hydrogen-bond donors (Lipinski definition) is 1. The zero-order valence-electron chi connectivity index (χ0n) is 31.0. The number of nitro groups is 1. The van der Waals surface area contributed by atoms with Crippen molar-refractivity contribution >= 4 is 22.7 Å². The van der Waals surface area contributed by atoms with E-state index in [1.165, 1.54) is 112 Å². The lowest BCUT2D eigenvalue weighted by Crippen LogP contribution is -2.53. The molecule has 0 spiro atoms. The molecule has 0 saturated carbocycles. The van der Waals surface area contributed by atoms with E-state index in [-0.39, 0.29) is 18.0 Å². The summed E-state index contributed by atoms with van der Waals surface area (Å²) in [6.07, 6.45) is 11.1. The monoisotopic (exact) mass is 673 g/mol. The van der Waals surface area contributed by atoms with Crippen molar-refractivity contribution in [2.45, 2.75) is 118 Å². The van der Waals surface area contributed by atoms with E-state index in [0.717, 1.165) is 11.3 Å². The van der Waals surface area contributed by atoms with Crippen LogP contribution in [0, 0.1) is 10.1 Å². The molecule has 1 heterocycles. The molecular weight excluding hydrogens is 614 g/mol. The number of hydrogen-bond acceptors (Lipinski definition) is 7. The minimum absolute atomic E-state index is 0.0252. The third-order valence-corrected chi connectivity index (χ3v) is 10.2. The molecule has 1 N–H and O–H groups in total. The van der Waals surface area contributed by atoms with Crippen molar-refractivity contribution in [3.8, 4) is 5.75 Å². The molecule has 1 unspecified atom stereocenters. The van der Waals surface area contributed by atoms with E-state index >= 15 is 0 Å². The van der Waals surface area contributed by atoms with Gasteiger partial charge in [-0.25, -0.2) is 0 Å². The van der Waals surface area contributed by atoms with Crippen LogP contribution < -0.4 is 10.0 Å². The van der Waals surface area contributed by atoms with Crippen molar-refractivity contribution in [2.24, 2.45) is 10.2 Å². The summed E-state index contributed by atoms with van der Waals surface area (Å²) in [7, 11) is 0. The zero-order valence-corrected chi connectivity index (χ0v) is 31.0. The van der Waals surface area contributed by atoms with Crippen LogP contribution in [0.1, 0.15) is 111 Å². The van der Waals surface area contributed by atoms with E-state index in [1.54, 1.807) is 19.1 Å². The lowest BCUT2D eigenvalue weighted by Gasteiger charge is -2.41. The fourth-order valence-electron chi connectivity index (χ4n) is 6.63. The molecule has 9 nitrogen and oxygen atoms in total. The van der Waals surface area contributed by atoms with Crippen LogP contribution in [-0.2, 0) is 12.0 Å². The molecule has 1 aliphatic heterocycles. The molecule has 3 aromatic rings. The zero-order chi connectivity index (χ0) is 36.1. The van der Waals surface area contributed by atoms with Crippen LogP contribution >= 0.6 is 0 Å². The highest BCUT2D eigenvalue weighted by Gasteiger charge is 2.52. The van der Waals surface area contributed by atoms with Gasteiger partial charge in [0.05, 0.1) is 42.5 Å². The second-order valence-electron chi connectivity index (χ2n) is 14.2. The Morgan fingerprint density at radius 2 is 1.24 bits per heavy atom. The van der Waals surface area contributed by atoms with Crippen LogP contribution in [0.2, 0.25) is 0 Å². The molecule has 0 radical (unpaired) electrons. The second-order valence-corrected chi connectivity index (χ2v) is 14.2. The Kier molecular flexibility index (Phi) is 14.8. The molecule has 0 saturated heterocycles. The van der Waals surface area contributed by atoms with E-state index in [2.05, 4.69) is 37.9 Å². The van der Waals surface area contributed by atoms with Crippen molar-refractivity contribution in [3.63, 3.8) is 0 Å². The van der Waals surface area contributed by atoms with Gasteiger partial charge in [0.2, 0.25) is 0 Å². The van der Waals surface area contributed by atoms with Crippen LogP contribution in [0.3, 0.4) is 0 Å². The number of para-hydroxylation sites is 1. The first-order valence-corrected chi connectivity index (χ1v) is 18.3. The molecule has 0 aromatic heterocycles. The van der Waals surface area contributed by atoms with Gasteiger partial charge in [0.1, 0.15) is 5.72 Å². The van der Waals surface area contributed by atoms with Gasteiger partial charge in [0.15, 0.2) is 0 Å². The van der Waals surface area contributed by atoms with Gasteiger partial charge in [-0.3, -0.25) is 10.1 Å². The molecule has 1 aliphatic rings. The van der Waals surface area contributed by atoms with Crippen molar-refractivity contribution in [1.29, 1.82) is 0 Å². The molecule has 4 rings (SSSR count). The topological polar surface area (TPSA) is 114 Å². The van der Waals surface area contributed by atoms with Gasteiger partial charge >= 0.3 is 0 Å².